The lowest BCUT2D eigenvalue weighted by Crippen LogP contribution is -2.13. The minimum Gasteiger partial charge on any atom is -0.463 e. The summed E-state index contributed by atoms with van der Waals surface area (Å²) in [7, 11) is 0. The molecule has 0 aliphatic carbocycles. The van der Waals surface area contributed by atoms with Crippen LogP contribution >= 0.6 is 0 Å². The molecule has 0 unspecified atom stereocenters. The highest BCUT2D eigenvalue weighted by Gasteiger charge is 2.14. The van der Waals surface area contributed by atoms with Crippen LogP contribution in [0.25, 0.3) is 0 Å². The number of carbonyl (C=O) groups is 2. The molecule has 0 atom stereocenters. The van der Waals surface area contributed by atoms with Crippen LogP contribution in [0.3, 0.4) is 0 Å². The van der Waals surface area contributed by atoms with E-state index < -0.39 is 11.9 Å². The Hall–Kier alpha value is -2.11. The molecule has 104 valence electrons. The molecule has 19 heavy (non-hydrogen) atoms. The molecule has 1 heterocycles. The number of rotatable bonds is 6. The molecule has 6 nitrogen and oxygen atoms in total. The molecule has 0 saturated heterocycles. The third kappa shape index (κ3) is 4.57. The fraction of sp³-hybridized carbons (Fsp3) is 0.462. The standard InChI is InChI=1S/C13H18N2O4/c1-4-18-12(16)7-6-8-15-11(9-10(3)14-15)13(17)19-5-2/h6-7,9H,4-5,8H2,1-3H3/b7-6-. The Balaban J connectivity index is 2.73. The van der Waals surface area contributed by atoms with Gasteiger partial charge in [-0.2, -0.15) is 5.10 Å². The summed E-state index contributed by atoms with van der Waals surface area (Å²) >= 11 is 0. The van der Waals surface area contributed by atoms with Crippen molar-refractivity contribution in [2.45, 2.75) is 27.3 Å². The first-order valence-electron chi connectivity index (χ1n) is 6.13. The number of carbonyl (C=O) groups excluding carboxylic acids is 2. The van der Waals surface area contributed by atoms with Crippen molar-refractivity contribution in [3.05, 3.63) is 29.6 Å². The number of hydrogen-bond acceptors (Lipinski definition) is 5. The van der Waals surface area contributed by atoms with Gasteiger partial charge < -0.3 is 9.47 Å². The second-order valence-electron chi connectivity index (χ2n) is 3.73. The zero-order valence-electron chi connectivity index (χ0n) is 11.4. The predicted octanol–water partition coefficient (Wildman–Crippen LogP) is 1.49. The van der Waals surface area contributed by atoms with E-state index in [0.29, 0.717) is 31.1 Å². The number of esters is 2. The lowest BCUT2D eigenvalue weighted by molar-refractivity contribution is -0.137. The maximum absolute atomic E-state index is 11.7. The van der Waals surface area contributed by atoms with Crippen molar-refractivity contribution >= 4 is 11.9 Å². The normalized spacial score (nSPS) is 10.7. The lowest BCUT2D eigenvalue weighted by Gasteiger charge is -2.03. The molecule has 0 aliphatic rings. The molecule has 0 bridgehead atoms. The zero-order valence-corrected chi connectivity index (χ0v) is 11.4. The van der Waals surface area contributed by atoms with Gasteiger partial charge in [-0.05, 0) is 26.8 Å². The van der Waals surface area contributed by atoms with Crippen molar-refractivity contribution in [3.63, 3.8) is 0 Å². The fourth-order valence-corrected chi connectivity index (χ4v) is 1.49. The van der Waals surface area contributed by atoms with E-state index in [-0.39, 0.29) is 0 Å². The predicted molar refractivity (Wildman–Crippen MR) is 68.7 cm³/mol. The molecular formula is C13H18N2O4. The Morgan fingerprint density at radius 1 is 1.32 bits per heavy atom. The molecule has 6 heteroatoms. The Morgan fingerprint density at radius 3 is 2.63 bits per heavy atom. The largest absolute Gasteiger partial charge is 0.463 e. The van der Waals surface area contributed by atoms with Gasteiger partial charge in [0.25, 0.3) is 0 Å². The van der Waals surface area contributed by atoms with E-state index in [1.54, 1.807) is 32.9 Å². The molecule has 0 radical (unpaired) electrons. The fourth-order valence-electron chi connectivity index (χ4n) is 1.49. The van der Waals surface area contributed by atoms with Crippen LogP contribution in [-0.4, -0.2) is 34.9 Å². The van der Waals surface area contributed by atoms with Crippen molar-refractivity contribution in [2.24, 2.45) is 0 Å². The van der Waals surface area contributed by atoms with E-state index in [1.165, 1.54) is 10.8 Å². The highest BCUT2D eigenvalue weighted by molar-refractivity contribution is 5.87. The first-order chi connectivity index (χ1) is 9.08. The van der Waals surface area contributed by atoms with Crippen LogP contribution in [0, 0.1) is 6.92 Å². The van der Waals surface area contributed by atoms with Crippen molar-refractivity contribution < 1.29 is 19.1 Å². The molecule has 1 aromatic heterocycles. The Labute approximate surface area is 112 Å². The minimum absolute atomic E-state index is 0.306. The monoisotopic (exact) mass is 266 g/mol. The third-order valence-electron chi connectivity index (χ3n) is 2.21. The van der Waals surface area contributed by atoms with Gasteiger partial charge in [0, 0.05) is 6.08 Å². The second-order valence-corrected chi connectivity index (χ2v) is 3.73. The summed E-state index contributed by atoms with van der Waals surface area (Å²) in [5.74, 6) is -0.836. The van der Waals surface area contributed by atoms with Gasteiger partial charge in [-0.15, -0.1) is 0 Å². The van der Waals surface area contributed by atoms with Crippen LogP contribution in [0.1, 0.15) is 30.0 Å². The first kappa shape index (κ1) is 14.9. The maximum atomic E-state index is 11.7. The van der Waals surface area contributed by atoms with Gasteiger partial charge >= 0.3 is 11.9 Å². The first-order valence-corrected chi connectivity index (χ1v) is 6.13. The van der Waals surface area contributed by atoms with E-state index in [2.05, 4.69) is 5.10 Å². The molecule has 0 fully saturated rings. The quantitative estimate of drug-likeness (QED) is 0.576. The molecule has 0 N–H and O–H groups in total. The second kappa shape index (κ2) is 7.35. The smallest absolute Gasteiger partial charge is 0.356 e. The van der Waals surface area contributed by atoms with Crippen LogP contribution in [0.2, 0.25) is 0 Å². The van der Waals surface area contributed by atoms with E-state index >= 15 is 0 Å². The van der Waals surface area contributed by atoms with E-state index in [4.69, 9.17) is 9.47 Å². The van der Waals surface area contributed by atoms with Crippen LogP contribution in [0.5, 0.6) is 0 Å². The van der Waals surface area contributed by atoms with Crippen LogP contribution in [0.4, 0.5) is 0 Å². The van der Waals surface area contributed by atoms with E-state index in [9.17, 15) is 9.59 Å². The van der Waals surface area contributed by atoms with Crippen LogP contribution in [0.15, 0.2) is 18.2 Å². The number of allylic oxidation sites excluding steroid dienone is 1. The van der Waals surface area contributed by atoms with Crippen molar-refractivity contribution in [1.82, 2.24) is 9.78 Å². The highest BCUT2D eigenvalue weighted by Crippen LogP contribution is 2.06. The summed E-state index contributed by atoms with van der Waals surface area (Å²) < 4.78 is 11.2. The van der Waals surface area contributed by atoms with Gasteiger partial charge in [-0.1, -0.05) is 6.08 Å². The van der Waals surface area contributed by atoms with Gasteiger partial charge in [0.2, 0.25) is 0 Å². The molecule has 1 rings (SSSR count). The molecule has 0 aromatic carbocycles. The highest BCUT2D eigenvalue weighted by atomic mass is 16.5. The number of nitrogens with zero attached hydrogens (tertiary/aromatic N) is 2. The summed E-state index contributed by atoms with van der Waals surface area (Å²) in [6, 6.07) is 1.65. The summed E-state index contributed by atoms with van der Waals surface area (Å²) in [5.41, 5.74) is 1.08. The van der Waals surface area contributed by atoms with Crippen LogP contribution < -0.4 is 0 Å². The molecule has 0 spiro atoms. The SMILES string of the molecule is CCOC(=O)/C=C\Cn1nc(C)cc1C(=O)OCC. The third-order valence-corrected chi connectivity index (χ3v) is 2.21. The van der Waals surface area contributed by atoms with Gasteiger partial charge in [0.1, 0.15) is 5.69 Å². The number of ether oxygens (including phenoxy) is 2. The molecule has 0 saturated carbocycles. The molecular weight excluding hydrogens is 248 g/mol. The van der Waals surface area contributed by atoms with Crippen molar-refractivity contribution in [3.8, 4) is 0 Å². The van der Waals surface area contributed by atoms with Crippen molar-refractivity contribution in [1.29, 1.82) is 0 Å². The maximum Gasteiger partial charge on any atom is 0.356 e. The zero-order chi connectivity index (χ0) is 14.3. The average Bonchev–Trinajstić information content (AvgIpc) is 2.71. The summed E-state index contributed by atoms with van der Waals surface area (Å²) in [6.07, 6.45) is 2.91. The van der Waals surface area contributed by atoms with Gasteiger partial charge in [-0.3, -0.25) is 4.68 Å². The van der Waals surface area contributed by atoms with E-state index in [1.807, 2.05) is 0 Å². The summed E-state index contributed by atoms with van der Waals surface area (Å²) in [5, 5.41) is 4.17. The number of aryl methyl sites for hydroxylation is 1. The van der Waals surface area contributed by atoms with Crippen molar-refractivity contribution in [2.75, 3.05) is 13.2 Å². The Bertz CT molecular complexity index is 477. The van der Waals surface area contributed by atoms with Gasteiger partial charge in [0.15, 0.2) is 0 Å². The molecule has 0 aliphatic heterocycles. The van der Waals surface area contributed by atoms with E-state index in [0.717, 1.165) is 0 Å². The Kier molecular flexibility index (Phi) is 5.78. The molecule has 1 aromatic rings. The topological polar surface area (TPSA) is 70.4 Å². The lowest BCUT2D eigenvalue weighted by atomic mass is 10.3. The molecule has 0 amide bonds. The minimum atomic E-state index is -0.423. The Morgan fingerprint density at radius 2 is 2.00 bits per heavy atom. The van der Waals surface area contributed by atoms with Gasteiger partial charge in [-0.25, -0.2) is 9.59 Å². The number of hydrogen-bond donors (Lipinski definition) is 0. The summed E-state index contributed by atoms with van der Waals surface area (Å²) in [4.78, 5) is 22.8. The summed E-state index contributed by atoms with van der Waals surface area (Å²) in [6.45, 7) is 6.21. The average molecular weight is 266 g/mol. The van der Waals surface area contributed by atoms with Crippen LogP contribution in [-0.2, 0) is 20.8 Å². The van der Waals surface area contributed by atoms with Gasteiger partial charge in [0.05, 0.1) is 25.5 Å². The number of aromatic nitrogens is 2.